The Hall–Kier alpha value is -2.64. The van der Waals surface area contributed by atoms with Crippen molar-refractivity contribution in [1.82, 2.24) is 5.32 Å². The quantitative estimate of drug-likeness (QED) is 0.586. The summed E-state index contributed by atoms with van der Waals surface area (Å²) in [6, 6.07) is 2.60. The van der Waals surface area contributed by atoms with E-state index in [0.29, 0.717) is 0 Å². The van der Waals surface area contributed by atoms with Crippen molar-refractivity contribution in [2.75, 3.05) is 7.11 Å². The van der Waals surface area contributed by atoms with E-state index in [1.807, 2.05) is 13.8 Å². The number of rotatable bonds is 7. The standard InChI is InChI=1S/C14H18N2O6/c1-8(2)6-11(14(18)19)15-13(17)10-7-9(22-3)4-5-12(10)16(20)21/h4-5,7-8,11H,6H2,1-3H3,(H,15,17)(H,18,19)/t11-/m1/s1. The van der Waals surface area contributed by atoms with Gasteiger partial charge in [0.15, 0.2) is 0 Å². The third kappa shape index (κ3) is 4.44. The fraction of sp³-hybridized carbons (Fsp3) is 0.429. The number of nitrogens with one attached hydrogen (secondary N) is 1. The molecule has 0 radical (unpaired) electrons. The van der Waals surface area contributed by atoms with Crippen molar-refractivity contribution in [3.63, 3.8) is 0 Å². The minimum Gasteiger partial charge on any atom is -0.497 e. The normalized spacial score (nSPS) is 11.8. The fourth-order valence-corrected chi connectivity index (χ4v) is 1.91. The lowest BCUT2D eigenvalue weighted by molar-refractivity contribution is -0.385. The van der Waals surface area contributed by atoms with Crippen molar-refractivity contribution >= 4 is 17.6 Å². The Balaban J connectivity index is 3.09. The summed E-state index contributed by atoms with van der Waals surface area (Å²) in [4.78, 5) is 33.7. The highest BCUT2D eigenvalue weighted by molar-refractivity contribution is 6.00. The van der Waals surface area contributed by atoms with Gasteiger partial charge in [-0.15, -0.1) is 0 Å². The second-order valence-corrected chi connectivity index (χ2v) is 5.13. The Labute approximate surface area is 127 Å². The van der Waals surface area contributed by atoms with Crippen LogP contribution < -0.4 is 10.1 Å². The van der Waals surface area contributed by atoms with Gasteiger partial charge < -0.3 is 15.2 Å². The van der Waals surface area contributed by atoms with Crippen molar-refractivity contribution in [1.29, 1.82) is 0 Å². The number of carboxylic acid groups (broad SMARTS) is 1. The highest BCUT2D eigenvalue weighted by Gasteiger charge is 2.26. The Bertz CT molecular complexity index is 585. The number of nitro benzene ring substituents is 1. The maximum absolute atomic E-state index is 12.2. The van der Waals surface area contributed by atoms with Crippen LogP contribution in [0.2, 0.25) is 0 Å². The van der Waals surface area contributed by atoms with Gasteiger partial charge in [0.2, 0.25) is 0 Å². The second kappa shape index (κ2) is 7.39. The molecule has 0 aliphatic carbocycles. The number of hydrogen-bond acceptors (Lipinski definition) is 5. The average Bonchev–Trinajstić information content (AvgIpc) is 2.44. The second-order valence-electron chi connectivity index (χ2n) is 5.13. The van der Waals surface area contributed by atoms with E-state index in [1.54, 1.807) is 0 Å². The van der Waals surface area contributed by atoms with Gasteiger partial charge in [-0.05, 0) is 24.5 Å². The molecule has 0 spiro atoms. The zero-order valence-corrected chi connectivity index (χ0v) is 12.5. The molecular weight excluding hydrogens is 292 g/mol. The summed E-state index contributed by atoms with van der Waals surface area (Å²) in [6.45, 7) is 3.63. The number of hydrogen-bond donors (Lipinski definition) is 2. The highest BCUT2D eigenvalue weighted by atomic mass is 16.6. The van der Waals surface area contributed by atoms with Gasteiger partial charge in [-0.2, -0.15) is 0 Å². The number of methoxy groups -OCH3 is 1. The van der Waals surface area contributed by atoms with E-state index in [1.165, 1.54) is 19.2 Å². The van der Waals surface area contributed by atoms with Crippen molar-refractivity contribution in [2.24, 2.45) is 5.92 Å². The van der Waals surface area contributed by atoms with E-state index in [2.05, 4.69) is 5.32 Å². The van der Waals surface area contributed by atoms with Crippen LogP contribution in [0.5, 0.6) is 5.75 Å². The molecule has 8 heteroatoms. The molecule has 8 nitrogen and oxygen atoms in total. The van der Waals surface area contributed by atoms with Crippen LogP contribution in [0.3, 0.4) is 0 Å². The van der Waals surface area contributed by atoms with E-state index in [-0.39, 0.29) is 23.7 Å². The molecule has 0 saturated carbocycles. The number of aliphatic carboxylic acids is 1. The first kappa shape index (κ1) is 17.4. The largest absolute Gasteiger partial charge is 0.497 e. The van der Waals surface area contributed by atoms with Crippen LogP contribution in [-0.2, 0) is 4.79 Å². The van der Waals surface area contributed by atoms with Crippen molar-refractivity contribution < 1.29 is 24.4 Å². The number of benzene rings is 1. The predicted octanol–water partition coefficient (Wildman–Crippen LogP) is 1.83. The Morgan fingerprint density at radius 1 is 1.41 bits per heavy atom. The molecule has 0 fully saturated rings. The van der Waals surface area contributed by atoms with Crippen LogP contribution in [0.25, 0.3) is 0 Å². The SMILES string of the molecule is COc1ccc([N+](=O)[O-])c(C(=O)N[C@H](CC(C)C)C(=O)O)c1. The summed E-state index contributed by atoms with van der Waals surface area (Å²) in [6.07, 6.45) is 0.221. The molecule has 22 heavy (non-hydrogen) atoms. The summed E-state index contributed by atoms with van der Waals surface area (Å²) in [5.41, 5.74) is -0.647. The van der Waals surface area contributed by atoms with Gasteiger partial charge in [0.1, 0.15) is 17.4 Å². The Kier molecular flexibility index (Phi) is 5.85. The van der Waals surface area contributed by atoms with Gasteiger partial charge >= 0.3 is 5.97 Å². The minimum absolute atomic E-state index is 0.0432. The molecule has 0 unspecified atom stereocenters. The zero-order valence-electron chi connectivity index (χ0n) is 12.5. The van der Waals surface area contributed by atoms with Crippen LogP contribution in [0.4, 0.5) is 5.69 Å². The number of carboxylic acids is 1. The van der Waals surface area contributed by atoms with Gasteiger partial charge in [-0.25, -0.2) is 4.79 Å². The number of carbonyl (C=O) groups is 2. The first-order valence-corrected chi connectivity index (χ1v) is 6.62. The summed E-state index contributed by atoms with van der Waals surface area (Å²) in [7, 11) is 1.36. The summed E-state index contributed by atoms with van der Waals surface area (Å²) in [5.74, 6) is -1.69. The van der Waals surface area contributed by atoms with Crippen LogP contribution in [0.15, 0.2) is 18.2 Å². The molecule has 0 aliphatic rings. The molecule has 0 saturated heterocycles. The van der Waals surface area contributed by atoms with Crippen LogP contribution in [0.1, 0.15) is 30.6 Å². The van der Waals surface area contributed by atoms with E-state index >= 15 is 0 Å². The average molecular weight is 310 g/mol. The molecule has 0 bridgehead atoms. The zero-order chi connectivity index (χ0) is 16.9. The maximum atomic E-state index is 12.2. The topological polar surface area (TPSA) is 119 Å². The van der Waals surface area contributed by atoms with Gasteiger partial charge in [0.25, 0.3) is 11.6 Å². The van der Waals surface area contributed by atoms with Crippen molar-refractivity contribution in [2.45, 2.75) is 26.3 Å². The smallest absolute Gasteiger partial charge is 0.326 e. The van der Waals surface area contributed by atoms with Gasteiger partial charge in [-0.1, -0.05) is 13.8 Å². The fourth-order valence-electron chi connectivity index (χ4n) is 1.91. The molecule has 1 atom stereocenters. The summed E-state index contributed by atoms with van der Waals surface area (Å²) < 4.78 is 4.94. The Morgan fingerprint density at radius 2 is 2.05 bits per heavy atom. The van der Waals surface area contributed by atoms with E-state index < -0.39 is 28.5 Å². The summed E-state index contributed by atoms with van der Waals surface area (Å²) >= 11 is 0. The Morgan fingerprint density at radius 3 is 2.50 bits per heavy atom. The molecular formula is C14H18N2O6. The molecule has 1 rings (SSSR count). The predicted molar refractivity (Wildman–Crippen MR) is 78.0 cm³/mol. The van der Waals surface area contributed by atoms with Crippen LogP contribution in [-0.4, -0.2) is 35.1 Å². The van der Waals surface area contributed by atoms with Crippen molar-refractivity contribution in [3.8, 4) is 5.75 Å². The van der Waals surface area contributed by atoms with Gasteiger partial charge in [0.05, 0.1) is 12.0 Å². The van der Waals surface area contributed by atoms with Crippen LogP contribution >= 0.6 is 0 Å². The lowest BCUT2D eigenvalue weighted by atomic mass is 10.0. The molecule has 1 aromatic rings. The highest BCUT2D eigenvalue weighted by Crippen LogP contribution is 2.24. The van der Waals surface area contributed by atoms with Crippen molar-refractivity contribution in [3.05, 3.63) is 33.9 Å². The monoisotopic (exact) mass is 310 g/mol. The number of amides is 1. The number of nitrogens with zero attached hydrogens (tertiary/aromatic N) is 1. The molecule has 0 aliphatic heterocycles. The third-order valence-electron chi connectivity index (χ3n) is 2.96. The lowest BCUT2D eigenvalue weighted by Crippen LogP contribution is -2.41. The molecule has 0 heterocycles. The van der Waals surface area contributed by atoms with Crippen LogP contribution in [0, 0.1) is 16.0 Å². The molecule has 2 N–H and O–H groups in total. The van der Waals surface area contributed by atoms with E-state index in [4.69, 9.17) is 9.84 Å². The number of ether oxygens (including phenoxy) is 1. The summed E-state index contributed by atoms with van der Waals surface area (Å²) in [5, 5.41) is 22.4. The maximum Gasteiger partial charge on any atom is 0.326 e. The van der Waals surface area contributed by atoms with E-state index in [9.17, 15) is 19.7 Å². The number of carbonyl (C=O) groups excluding carboxylic acids is 1. The minimum atomic E-state index is -1.19. The molecule has 120 valence electrons. The van der Waals surface area contributed by atoms with Gasteiger partial charge in [-0.3, -0.25) is 14.9 Å². The first-order valence-electron chi connectivity index (χ1n) is 6.62. The third-order valence-corrected chi connectivity index (χ3v) is 2.96. The lowest BCUT2D eigenvalue weighted by Gasteiger charge is -2.16. The first-order chi connectivity index (χ1) is 10.3. The molecule has 1 aromatic carbocycles. The van der Waals surface area contributed by atoms with E-state index in [0.717, 1.165) is 6.07 Å². The molecule has 1 amide bonds. The number of nitro groups is 1. The van der Waals surface area contributed by atoms with Gasteiger partial charge in [0, 0.05) is 6.07 Å². The molecule has 0 aromatic heterocycles.